The van der Waals surface area contributed by atoms with Gasteiger partial charge in [-0.3, -0.25) is 14.4 Å². The fourth-order valence-electron chi connectivity index (χ4n) is 9.05. The van der Waals surface area contributed by atoms with Crippen LogP contribution in [0.4, 0.5) is 0 Å². The lowest BCUT2D eigenvalue weighted by molar-refractivity contribution is -0.167. The van der Waals surface area contributed by atoms with Gasteiger partial charge in [-0.2, -0.15) is 0 Å². The molecule has 0 aromatic rings. The number of carbonyl (C=O) groups is 3. The van der Waals surface area contributed by atoms with Crippen LogP contribution in [0.25, 0.3) is 0 Å². The van der Waals surface area contributed by atoms with Gasteiger partial charge >= 0.3 is 17.9 Å². The average Bonchev–Trinajstić information content (AvgIpc) is 3.50. The van der Waals surface area contributed by atoms with Crippen molar-refractivity contribution in [1.82, 2.24) is 0 Å². The standard InChI is InChI=1S/C77H124O6/c1-4-7-10-13-16-19-22-25-28-31-33-35-36-37-38-39-40-42-43-46-49-52-55-58-61-64-67-70-76(79)82-73-74(72-81-75(78)69-66-63-60-57-54-51-48-45-30-27-24-21-18-15-12-9-6-3)83-77(80)71-68-65-62-59-56-53-50-47-44-41-34-32-29-26-23-20-17-14-11-8-5-2/h7-12,16-21,25-30,33-35,41,48,51,57,60,74H,4-6,13-15,22-24,31-32,36-40,42-47,49-50,52-56,58-59,61-73H2,1-3H3/b10-7-,11-8-,12-9-,19-16-,20-17-,21-18-,28-25-,29-26-,30-27-,35-33-,41-34-,51-48-,60-57-. The predicted octanol–water partition coefficient (Wildman–Crippen LogP) is 23.7. The summed E-state index contributed by atoms with van der Waals surface area (Å²) < 4.78 is 16.9. The summed E-state index contributed by atoms with van der Waals surface area (Å²) in [6, 6.07) is 0. The van der Waals surface area contributed by atoms with E-state index >= 15 is 0 Å². The third-order valence-electron chi connectivity index (χ3n) is 14.0. The summed E-state index contributed by atoms with van der Waals surface area (Å²) >= 11 is 0. The smallest absolute Gasteiger partial charge is 0.306 e. The van der Waals surface area contributed by atoms with Gasteiger partial charge < -0.3 is 14.2 Å². The maximum atomic E-state index is 13.0. The van der Waals surface area contributed by atoms with Crippen molar-refractivity contribution >= 4 is 17.9 Å². The van der Waals surface area contributed by atoms with Gasteiger partial charge in [0.1, 0.15) is 13.2 Å². The van der Waals surface area contributed by atoms with E-state index in [9.17, 15) is 14.4 Å². The summed E-state index contributed by atoms with van der Waals surface area (Å²) in [5, 5.41) is 0. The molecule has 0 rings (SSSR count). The van der Waals surface area contributed by atoms with Crippen molar-refractivity contribution in [1.29, 1.82) is 0 Å². The lowest BCUT2D eigenvalue weighted by Crippen LogP contribution is -2.30. The van der Waals surface area contributed by atoms with E-state index in [4.69, 9.17) is 14.2 Å². The molecular weight excluding hydrogens is 1020 g/mol. The van der Waals surface area contributed by atoms with E-state index < -0.39 is 6.10 Å². The fraction of sp³-hybridized carbons (Fsp3) is 0.623. The topological polar surface area (TPSA) is 78.9 Å². The van der Waals surface area contributed by atoms with E-state index in [1.807, 2.05) is 0 Å². The minimum atomic E-state index is -0.815. The Morgan fingerprint density at radius 1 is 0.241 bits per heavy atom. The summed E-state index contributed by atoms with van der Waals surface area (Å²) in [6.07, 6.45) is 101. The van der Waals surface area contributed by atoms with Gasteiger partial charge in [0.25, 0.3) is 0 Å². The molecule has 0 radical (unpaired) electrons. The number of allylic oxidation sites excluding steroid dienone is 26. The first-order valence-corrected chi connectivity index (χ1v) is 34.0. The number of rotatable bonds is 60. The molecule has 0 heterocycles. The highest BCUT2D eigenvalue weighted by molar-refractivity contribution is 5.71. The summed E-state index contributed by atoms with van der Waals surface area (Å²) in [6.45, 7) is 6.26. The second-order valence-corrected chi connectivity index (χ2v) is 21.9. The first-order valence-electron chi connectivity index (χ1n) is 34.0. The maximum Gasteiger partial charge on any atom is 0.306 e. The summed E-state index contributed by atoms with van der Waals surface area (Å²) in [4.78, 5) is 38.4. The largest absolute Gasteiger partial charge is 0.462 e. The van der Waals surface area contributed by atoms with Crippen molar-refractivity contribution in [3.63, 3.8) is 0 Å². The van der Waals surface area contributed by atoms with E-state index in [2.05, 4.69) is 179 Å². The van der Waals surface area contributed by atoms with Crippen LogP contribution in [-0.4, -0.2) is 37.2 Å². The molecule has 6 nitrogen and oxygen atoms in total. The van der Waals surface area contributed by atoms with Gasteiger partial charge in [-0.15, -0.1) is 0 Å². The Morgan fingerprint density at radius 2 is 0.446 bits per heavy atom. The van der Waals surface area contributed by atoms with Gasteiger partial charge in [0.2, 0.25) is 0 Å². The number of hydrogen-bond acceptors (Lipinski definition) is 6. The van der Waals surface area contributed by atoms with Crippen LogP contribution in [0.5, 0.6) is 0 Å². The van der Waals surface area contributed by atoms with Crippen molar-refractivity contribution in [2.75, 3.05) is 13.2 Å². The summed E-state index contributed by atoms with van der Waals surface area (Å²) in [5.74, 6) is -0.971. The first kappa shape index (κ1) is 78.0. The van der Waals surface area contributed by atoms with E-state index in [-0.39, 0.29) is 37.5 Å². The lowest BCUT2D eigenvalue weighted by Gasteiger charge is -2.18. The fourth-order valence-corrected chi connectivity index (χ4v) is 9.05. The molecule has 0 aromatic carbocycles. The Kier molecular flexibility index (Phi) is 65.4. The molecule has 0 N–H and O–H groups in total. The highest BCUT2D eigenvalue weighted by Crippen LogP contribution is 2.16. The minimum absolute atomic E-state index is 0.104. The van der Waals surface area contributed by atoms with Crippen molar-refractivity contribution in [3.8, 4) is 0 Å². The summed E-state index contributed by atoms with van der Waals surface area (Å²) in [7, 11) is 0. The predicted molar refractivity (Wildman–Crippen MR) is 362 cm³/mol. The van der Waals surface area contributed by atoms with E-state index in [0.717, 1.165) is 135 Å². The molecule has 0 saturated heterocycles. The second kappa shape index (κ2) is 69.5. The zero-order valence-corrected chi connectivity index (χ0v) is 53.7. The summed E-state index contributed by atoms with van der Waals surface area (Å²) in [5.41, 5.74) is 0. The number of hydrogen-bond donors (Lipinski definition) is 0. The number of unbranched alkanes of at least 4 members (excludes halogenated alkanes) is 23. The highest BCUT2D eigenvalue weighted by atomic mass is 16.6. The first-order chi connectivity index (χ1) is 41.0. The molecule has 0 spiro atoms. The molecule has 0 fully saturated rings. The van der Waals surface area contributed by atoms with Gasteiger partial charge in [0.05, 0.1) is 0 Å². The second-order valence-electron chi connectivity index (χ2n) is 21.9. The average molecular weight is 1150 g/mol. The molecule has 6 heteroatoms. The minimum Gasteiger partial charge on any atom is -0.462 e. The third-order valence-corrected chi connectivity index (χ3v) is 14.0. The van der Waals surface area contributed by atoms with Crippen LogP contribution in [0, 0.1) is 0 Å². The molecule has 0 amide bonds. The number of carbonyl (C=O) groups excluding carboxylic acids is 3. The van der Waals surface area contributed by atoms with Crippen LogP contribution in [0.2, 0.25) is 0 Å². The van der Waals surface area contributed by atoms with Gasteiger partial charge in [-0.25, -0.2) is 0 Å². The molecule has 0 aliphatic carbocycles. The van der Waals surface area contributed by atoms with Crippen LogP contribution >= 0.6 is 0 Å². The zero-order chi connectivity index (χ0) is 59.9. The molecule has 1 unspecified atom stereocenters. The molecule has 1 atom stereocenters. The van der Waals surface area contributed by atoms with Crippen molar-refractivity contribution in [3.05, 3.63) is 158 Å². The van der Waals surface area contributed by atoms with Crippen LogP contribution in [-0.2, 0) is 28.6 Å². The van der Waals surface area contributed by atoms with Crippen LogP contribution in [0.15, 0.2) is 158 Å². The molecule has 0 saturated carbocycles. The van der Waals surface area contributed by atoms with E-state index in [1.165, 1.54) is 109 Å². The monoisotopic (exact) mass is 1140 g/mol. The van der Waals surface area contributed by atoms with E-state index in [1.54, 1.807) is 0 Å². The lowest BCUT2D eigenvalue weighted by atomic mass is 10.0. The Morgan fingerprint density at radius 3 is 0.723 bits per heavy atom. The van der Waals surface area contributed by atoms with Crippen molar-refractivity contribution in [2.24, 2.45) is 0 Å². The Hall–Kier alpha value is -4.97. The van der Waals surface area contributed by atoms with Gasteiger partial charge in [0, 0.05) is 19.3 Å². The van der Waals surface area contributed by atoms with Crippen LogP contribution < -0.4 is 0 Å². The Bertz CT molecular complexity index is 1840. The molecule has 0 bridgehead atoms. The van der Waals surface area contributed by atoms with E-state index in [0.29, 0.717) is 19.3 Å². The Labute approximate surface area is 511 Å². The molecule has 0 aliphatic heterocycles. The highest BCUT2D eigenvalue weighted by Gasteiger charge is 2.19. The van der Waals surface area contributed by atoms with Crippen molar-refractivity contribution in [2.45, 2.75) is 297 Å². The molecule has 83 heavy (non-hydrogen) atoms. The van der Waals surface area contributed by atoms with Gasteiger partial charge in [-0.1, -0.05) is 294 Å². The molecule has 0 aromatic heterocycles. The number of ether oxygens (including phenoxy) is 3. The SMILES string of the molecule is CC/C=C\C/C=C\C/C=C\C/C=C\C/C=C\CCCC(=O)OCC(COC(=O)CCCCCCCCCCCCCCCC/C=C\C/C=C\C/C=C\C/C=C\CC)OC(=O)CCCCCCCCCC/C=C\C/C=C\C/C=C\C/C=C\CC. The van der Waals surface area contributed by atoms with Gasteiger partial charge in [0.15, 0.2) is 6.10 Å². The van der Waals surface area contributed by atoms with Crippen LogP contribution in [0.3, 0.4) is 0 Å². The van der Waals surface area contributed by atoms with Crippen molar-refractivity contribution < 1.29 is 28.6 Å². The number of esters is 3. The van der Waals surface area contributed by atoms with Crippen LogP contribution in [0.1, 0.15) is 290 Å². The zero-order valence-electron chi connectivity index (χ0n) is 53.7. The third kappa shape index (κ3) is 67.7. The Balaban J connectivity index is 4.42. The molecular formula is C77H124O6. The maximum absolute atomic E-state index is 13.0. The van der Waals surface area contributed by atoms with Gasteiger partial charge in [-0.05, 0) is 135 Å². The quantitative estimate of drug-likeness (QED) is 0.0261. The molecule has 0 aliphatic rings. The normalized spacial score (nSPS) is 13.1. The molecule has 468 valence electrons.